The van der Waals surface area contributed by atoms with E-state index in [9.17, 15) is 19.5 Å². The van der Waals surface area contributed by atoms with Gasteiger partial charge in [-0.3, -0.25) is 19.9 Å². The molecule has 240 valence electrons. The van der Waals surface area contributed by atoms with Crippen molar-refractivity contribution in [3.8, 4) is 11.1 Å². The van der Waals surface area contributed by atoms with Crippen molar-refractivity contribution in [3.63, 3.8) is 0 Å². The van der Waals surface area contributed by atoms with Crippen LogP contribution in [0.4, 0.5) is 11.6 Å². The number of unbranched alkanes of at least 4 members (excludes halogenated alkanes) is 2. The maximum Gasteiger partial charge on any atom is 0.326 e. The molecule has 3 aromatic rings. The largest absolute Gasteiger partial charge is 0.480 e. The van der Waals surface area contributed by atoms with Crippen molar-refractivity contribution in [2.75, 3.05) is 24.6 Å². The SMILES string of the molecule is NCCCCC(NC(=O)CCc1ccc(-c2ccc(CCCCN=C(N)NC(=O)c3nc(Cl)c(N)nc3N)cc2)cc1)C(=O)O. The number of nitrogen functional groups attached to an aromatic ring is 2. The molecule has 3 rings (SSSR count). The summed E-state index contributed by atoms with van der Waals surface area (Å²) in [7, 11) is 0. The molecule has 2 amide bonds. The third-order valence-electron chi connectivity index (χ3n) is 6.98. The van der Waals surface area contributed by atoms with Crippen LogP contribution in [-0.4, -0.2) is 57.9 Å². The number of carbonyl (C=O) groups excluding carboxylic acids is 2. The van der Waals surface area contributed by atoms with E-state index in [1.807, 2.05) is 24.3 Å². The fourth-order valence-corrected chi connectivity index (χ4v) is 4.59. The molecule has 1 heterocycles. The maximum absolute atomic E-state index is 12.3. The van der Waals surface area contributed by atoms with E-state index in [4.69, 9.17) is 34.5 Å². The molecule has 0 radical (unpaired) electrons. The van der Waals surface area contributed by atoms with Gasteiger partial charge in [-0.25, -0.2) is 14.8 Å². The predicted octanol–water partition coefficient (Wildman–Crippen LogP) is 2.66. The van der Waals surface area contributed by atoms with Gasteiger partial charge in [0.15, 0.2) is 28.4 Å². The lowest BCUT2D eigenvalue weighted by molar-refractivity contribution is -0.142. The van der Waals surface area contributed by atoms with Crippen LogP contribution in [0.15, 0.2) is 53.5 Å². The number of benzene rings is 2. The van der Waals surface area contributed by atoms with Gasteiger partial charge in [-0.2, -0.15) is 0 Å². The number of aliphatic imine (C=N–C) groups is 1. The van der Waals surface area contributed by atoms with E-state index >= 15 is 0 Å². The Morgan fingerprint density at radius 3 is 2.09 bits per heavy atom. The van der Waals surface area contributed by atoms with E-state index < -0.39 is 17.9 Å². The number of aliphatic carboxylic acids is 1. The number of nitrogens with two attached hydrogens (primary N) is 4. The first-order valence-corrected chi connectivity index (χ1v) is 15.1. The summed E-state index contributed by atoms with van der Waals surface area (Å²) in [5.74, 6) is -2.28. The van der Waals surface area contributed by atoms with Crippen LogP contribution in [-0.2, 0) is 22.4 Å². The molecule has 2 aromatic carbocycles. The molecule has 0 aliphatic heterocycles. The molecule has 0 aliphatic rings. The number of hydrogen-bond donors (Lipinski definition) is 7. The van der Waals surface area contributed by atoms with Crippen molar-refractivity contribution >= 4 is 47.0 Å². The lowest BCUT2D eigenvalue weighted by atomic mass is 9.99. The third kappa shape index (κ3) is 11.4. The number of guanidine groups is 1. The van der Waals surface area contributed by atoms with E-state index in [1.165, 1.54) is 5.56 Å². The molecule has 0 aliphatic carbocycles. The molecule has 0 fully saturated rings. The minimum absolute atomic E-state index is 0.0614. The smallest absolute Gasteiger partial charge is 0.326 e. The van der Waals surface area contributed by atoms with Crippen molar-refractivity contribution in [1.29, 1.82) is 0 Å². The third-order valence-corrected chi connectivity index (χ3v) is 7.26. The van der Waals surface area contributed by atoms with Gasteiger partial charge in [-0.1, -0.05) is 60.1 Å². The first-order chi connectivity index (χ1) is 21.6. The number of halogens is 1. The second-order valence-corrected chi connectivity index (χ2v) is 10.8. The molecule has 0 saturated carbocycles. The van der Waals surface area contributed by atoms with Crippen LogP contribution >= 0.6 is 11.6 Å². The van der Waals surface area contributed by atoms with Gasteiger partial charge in [0.1, 0.15) is 6.04 Å². The number of nitrogens with one attached hydrogen (secondary N) is 2. The number of aryl methyl sites for hydroxylation is 2. The molecule has 45 heavy (non-hydrogen) atoms. The number of amides is 2. The number of carboxylic acids is 1. The molecule has 1 unspecified atom stereocenters. The van der Waals surface area contributed by atoms with Gasteiger partial charge in [0.25, 0.3) is 5.91 Å². The number of nitrogens with zero attached hydrogens (tertiary/aromatic N) is 3. The lowest BCUT2D eigenvalue weighted by Gasteiger charge is -2.14. The van der Waals surface area contributed by atoms with Crippen molar-refractivity contribution in [3.05, 3.63) is 70.5 Å². The summed E-state index contributed by atoms with van der Waals surface area (Å²) in [5, 5.41) is 14.2. The Hall–Kier alpha value is -4.75. The van der Waals surface area contributed by atoms with Crippen molar-refractivity contribution < 1.29 is 19.5 Å². The van der Waals surface area contributed by atoms with Gasteiger partial charge in [-0.15, -0.1) is 0 Å². The van der Waals surface area contributed by atoms with Crippen LogP contribution in [0.1, 0.15) is 60.1 Å². The van der Waals surface area contributed by atoms with E-state index in [1.54, 1.807) is 0 Å². The average Bonchev–Trinajstić information content (AvgIpc) is 3.01. The number of hydrogen-bond acceptors (Lipinski definition) is 9. The number of carboxylic acid groups (broad SMARTS) is 1. The topological polar surface area (TPSA) is 238 Å². The normalized spacial score (nSPS) is 12.0. The highest BCUT2D eigenvalue weighted by Crippen LogP contribution is 2.22. The molecule has 1 aromatic heterocycles. The summed E-state index contributed by atoms with van der Waals surface area (Å²) >= 11 is 5.81. The van der Waals surface area contributed by atoms with Crippen LogP contribution in [0.3, 0.4) is 0 Å². The fourth-order valence-electron chi connectivity index (χ4n) is 4.47. The Balaban J connectivity index is 1.39. The lowest BCUT2D eigenvalue weighted by Crippen LogP contribution is -2.40. The summed E-state index contributed by atoms with van der Waals surface area (Å²) < 4.78 is 0. The molecule has 14 heteroatoms. The Morgan fingerprint density at radius 2 is 1.49 bits per heavy atom. The number of aromatic nitrogens is 2. The van der Waals surface area contributed by atoms with E-state index in [2.05, 4.69) is 49.9 Å². The fraction of sp³-hybridized carbons (Fsp3) is 0.355. The van der Waals surface area contributed by atoms with E-state index in [0.29, 0.717) is 32.4 Å². The van der Waals surface area contributed by atoms with Gasteiger partial charge >= 0.3 is 5.97 Å². The van der Waals surface area contributed by atoms with Gasteiger partial charge < -0.3 is 33.4 Å². The minimum Gasteiger partial charge on any atom is -0.480 e. The molecule has 11 N–H and O–H groups in total. The molecule has 0 bridgehead atoms. The van der Waals surface area contributed by atoms with Crippen LogP contribution < -0.4 is 33.6 Å². The monoisotopic (exact) mass is 637 g/mol. The summed E-state index contributed by atoms with van der Waals surface area (Å²) in [6.07, 6.45) is 4.97. The first kappa shape index (κ1) is 34.7. The van der Waals surface area contributed by atoms with E-state index in [-0.39, 0.29) is 40.8 Å². The van der Waals surface area contributed by atoms with Gasteiger partial charge in [0.05, 0.1) is 0 Å². The molecule has 1 atom stereocenters. The van der Waals surface area contributed by atoms with Crippen LogP contribution in [0, 0.1) is 0 Å². The van der Waals surface area contributed by atoms with Crippen LogP contribution in [0.5, 0.6) is 0 Å². The number of carbonyl (C=O) groups is 3. The average molecular weight is 638 g/mol. The van der Waals surface area contributed by atoms with Gasteiger partial charge in [-0.05, 0) is 73.7 Å². The summed E-state index contributed by atoms with van der Waals surface area (Å²) in [5.41, 5.74) is 26.6. The second-order valence-electron chi connectivity index (χ2n) is 10.4. The number of rotatable bonds is 16. The zero-order valence-electron chi connectivity index (χ0n) is 25.0. The first-order valence-electron chi connectivity index (χ1n) is 14.7. The quantitative estimate of drug-likeness (QED) is 0.0688. The zero-order valence-corrected chi connectivity index (χ0v) is 25.7. The minimum atomic E-state index is -1.03. The van der Waals surface area contributed by atoms with Crippen LogP contribution in [0.25, 0.3) is 11.1 Å². The molecule has 13 nitrogen and oxygen atoms in total. The second kappa shape index (κ2) is 17.5. The van der Waals surface area contributed by atoms with Crippen molar-refractivity contribution in [2.24, 2.45) is 16.5 Å². The zero-order chi connectivity index (χ0) is 32.8. The highest BCUT2D eigenvalue weighted by Gasteiger charge is 2.19. The summed E-state index contributed by atoms with van der Waals surface area (Å²) in [6, 6.07) is 15.4. The Morgan fingerprint density at radius 1 is 0.867 bits per heavy atom. The standard InChI is InChI=1S/C31H40ClN9O4/c32-26-28(35)40-27(34)25(39-26)29(43)41-31(36)37-18-4-2-5-19-7-12-21(13-8-19)22-14-9-20(10-15-22)11-16-24(42)38-23(30(44)45)6-1-3-17-33/h7-10,12-15,23H,1-6,11,16-18,33H2,(H,38,42)(H,44,45)(H4,34,35,40)(H3,36,37,41,43). The summed E-state index contributed by atoms with van der Waals surface area (Å²) in [6.45, 7) is 0.924. The Bertz CT molecular complexity index is 1480. The van der Waals surface area contributed by atoms with Gasteiger partial charge in [0.2, 0.25) is 5.91 Å². The Labute approximate surface area is 266 Å². The molecule has 0 spiro atoms. The number of anilines is 2. The van der Waals surface area contributed by atoms with E-state index in [0.717, 1.165) is 42.4 Å². The van der Waals surface area contributed by atoms with Crippen LogP contribution in [0.2, 0.25) is 5.15 Å². The predicted molar refractivity (Wildman–Crippen MR) is 175 cm³/mol. The molecule has 0 saturated heterocycles. The summed E-state index contributed by atoms with van der Waals surface area (Å²) in [4.78, 5) is 47.8. The van der Waals surface area contributed by atoms with Crippen molar-refractivity contribution in [1.82, 2.24) is 20.6 Å². The molecular formula is C31H40ClN9O4. The highest BCUT2D eigenvalue weighted by molar-refractivity contribution is 6.31. The van der Waals surface area contributed by atoms with Gasteiger partial charge in [0, 0.05) is 13.0 Å². The Kier molecular flexibility index (Phi) is 13.5. The molecular weight excluding hydrogens is 598 g/mol. The highest BCUT2D eigenvalue weighted by atomic mass is 35.5. The van der Waals surface area contributed by atoms with Crippen molar-refractivity contribution in [2.45, 2.75) is 57.4 Å². The maximum atomic E-state index is 12.3.